The maximum atomic E-state index is 12.2. The van der Waals surface area contributed by atoms with Crippen molar-refractivity contribution >= 4 is 17.7 Å². The molecule has 1 aromatic heterocycles. The van der Waals surface area contributed by atoms with Crippen LogP contribution in [0.25, 0.3) is 0 Å². The minimum absolute atomic E-state index is 0.256. The van der Waals surface area contributed by atoms with Gasteiger partial charge in [-0.3, -0.25) is 14.3 Å². The number of aromatic nitrogens is 2. The van der Waals surface area contributed by atoms with Crippen LogP contribution in [0.4, 0.5) is 5.82 Å². The first kappa shape index (κ1) is 16.5. The lowest BCUT2D eigenvalue weighted by atomic mass is 10.2. The third kappa shape index (κ3) is 5.14. The number of amides is 1. The molecule has 0 atom stereocenters. The molecule has 2 N–H and O–H groups in total. The van der Waals surface area contributed by atoms with Crippen LogP contribution in [0.2, 0.25) is 0 Å². The fourth-order valence-electron chi connectivity index (χ4n) is 1.83. The van der Waals surface area contributed by atoms with Gasteiger partial charge in [-0.25, -0.2) is 0 Å². The molecule has 0 aliphatic carbocycles. The van der Waals surface area contributed by atoms with Gasteiger partial charge in [-0.05, 0) is 24.1 Å². The van der Waals surface area contributed by atoms with E-state index < -0.39 is 5.97 Å². The van der Waals surface area contributed by atoms with Crippen LogP contribution in [0.3, 0.4) is 0 Å². The summed E-state index contributed by atoms with van der Waals surface area (Å²) in [7, 11) is 0. The predicted molar refractivity (Wildman–Crippen MR) is 84.6 cm³/mol. The summed E-state index contributed by atoms with van der Waals surface area (Å²) in [6.07, 6.45) is 1.49. The van der Waals surface area contributed by atoms with E-state index in [2.05, 4.69) is 10.4 Å². The van der Waals surface area contributed by atoms with Gasteiger partial charge in [-0.1, -0.05) is 19.9 Å². The number of nitrogens with zero attached hydrogens (tertiary/aromatic N) is 2. The molecule has 0 aliphatic heterocycles. The van der Waals surface area contributed by atoms with Crippen molar-refractivity contribution in [3.8, 4) is 5.75 Å². The number of carbonyl (C=O) groups is 2. The molecule has 0 fully saturated rings. The lowest BCUT2D eigenvalue weighted by molar-refractivity contribution is -0.137. The number of aliphatic carboxylic acids is 1. The predicted octanol–water partition coefficient (Wildman–Crippen LogP) is 2.25. The lowest BCUT2D eigenvalue weighted by Gasteiger charge is -2.09. The first-order chi connectivity index (χ1) is 10.9. The van der Waals surface area contributed by atoms with Gasteiger partial charge in [0, 0.05) is 17.8 Å². The Labute approximate surface area is 133 Å². The van der Waals surface area contributed by atoms with Crippen molar-refractivity contribution in [2.24, 2.45) is 5.92 Å². The summed E-state index contributed by atoms with van der Waals surface area (Å²) >= 11 is 0. The maximum Gasteiger partial charge on any atom is 0.325 e. The molecule has 23 heavy (non-hydrogen) atoms. The molecule has 2 aromatic rings. The van der Waals surface area contributed by atoms with E-state index in [0.717, 1.165) is 0 Å². The van der Waals surface area contributed by atoms with Crippen LogP contribution in [-0.2, 0) is 11.3 Å². The van der Waals surface area contributed by atoms with E-state index in [1.807, 2.05) is 13.8 Å². The number of ether oxygens (including phenoxy) is 1. The maximum absolute atomic E-state index is 12.2. The van der Waals surface area contributed by atoms with Gasteiger partial charge >= 0.3 is 5.97 Å². The lowest BCUT2D eigenvalue weighted by Crippen LogP contribution is -2.14. The van der Waals surface area contributed by atoms with Crippen LogP contribution in [-0.4, -0.2) is 33.4 Å². The number of hydrogen-bond acceptors (Lipinski definition) is 4. The Kier molecular flexibility index (Phi) is 5.35. The molecule has 2 rings (SSSR count). The molecule has 1 amide bonds. The summed E-state index contributed by atoms with van der Waals surface area (Å²) in [5.74, 6) is -0.0141. The third-order valence-electron chi connectivity index (χ3n) is 2.86. The smallest absolute Gasteiger partial charge is 0.325 e. The van der Waals surface area contributed by atoms with Crippen molar-refractivity contribution in [3.05, 3.63) is 42.1 Å². The van der Waals surface area contributed by atoms with Crippen LogP contribution in [0.1, 0.15) is 24.2 Å². The summed E-state index contributed by atoms with van der Waals surface area (Å²) in [5, 5.41) is 15.3. The number of benzene rings is 1. The molecule has 0 aliphatic rings. The normalized spacial score (nSPS) is 10.6. The number of carboxylic acids is 1. The zero-order chi connectivity index (χ0) is 16.8. The van der Waals surface area contributed by atoms with E-state index in [1.54, 1.807) is 30.3 Å². The van der Waals surface area contributed by atoms with Gasteiger partial charge in [0.15, 0.2) is 5.82 Å². The highest BCUT2D eigenvalue weighted by Gasteiger charge is 2.10. The summed E-state index contributed by atoms with van der Waals surface area (Å²) in [6.45, 7) is 4.41. The molecule has 0 radical (unpaired) electrons. The Morgan fingerprint density at radius 3 is 2.83 bits per heavy atom. The number of nitrogens with one attached hydrogen (secondary N) is 1. The van der Waals surface area contributed by atoms with Gasteiger partial charge in [0.05, 0.1) is 6.61 Å². The highest BCUT2D eigenvalue weighted by molar-refractivity contribution is 6.03. The second-order valence-corrected chi connectivity index (χ2v) is 5.48. The fourth-order valence-corrected chi connectivity index (χ4v) is 1.83. The number of anilines is 1. The van der Waals surface area contributed by atoms with Gasteiger partial charge in [-0.15, -0.1) is 0 Å². The van der Waals surface area contributed by atoms with Crippen molar-refractivity contribution in [3.63, 3.8) is 0 Å². The Hall–Kier alpha value is -2.83. The molecule has 0 spiro atoms. The van der Waals surface area contributed by atoms with E-state index in [4.69, 9.17) is 9.84 Å². The number of rotatable bonds is 7. The van der Waals surface area contributed by atoms with Crippen LogP contribution in [0.15, 0.2) is 36.5 Å². The zero-order valence-corrected chi connectivity index (χ0v) is 13.0. The Bertz CT molecular complexity index is 694. The van der Waals surface area contributed by atoms with E-state index >= 15 is 0 Å². The van der Waals surface area contributed by atoms with Crippen molar-refractivity contribution in [1.82, 2.24) is 9.78 Å². The molecule has 0 unspecified atom stereocenters. The summed E-state index contributed by atoms with van der Waals surface area (Å²) in [5.41, 5.74) is 0.444. The first-order valence-corrected chi connectivity index (χ1v) is 7.23. The quantitative estimate of drug-likeness (QED) is 0.817. The van der Waals surface area contributed by atoms with Gasteiger partial charge in [0.25, 0.3) is 5.91 Å². The SMILES string of the molecule is CC(C)COc1cccc(C(=O)Nc2ccn(CC(=O)O)n2)c1. The molecule has 7 nitrogen and oxygen atoms in total. The van der Waals surface area contributed by atoms with Crippen molar-refractivity contribution in [2.45, 2.75) is 20.4 Å². The standard InChI is InChI=1S/C16H19N3O4/c1-11(2)10-23-13-5-3-4-12(8-13)16(22)17-14-6-7-19(18-14)9-15(20)21/h3-8,11H,9-10H2,1-2H3,(H,20,21)(H,17,18,22). The van der Waals surface area contributed by atoms with E-state index in [9.17, 15) is 9.59 Å². The molecule has 0 bridgehead atoms. The monoisotopic (exact) mass is 317 g/mol. The van der Waals surface area contributed by atoms with Gasteiger partial charge < -0.3 is 15.2 Å². The van der Waals surface area contributed by atoms with Crippen molar-refractivity contribution in [2.75, 3.05) is 11.9 Å². The van der Waals surface area contributed by atoms with Gasteiger partial charge in [-0.2, -0.15) is 5.10 Å². The minimum atomic E-state index is -0.999. The zero-order valence-electron chi connectivity index (χ0n) is 13.0. The highest BCUT2D eigenvalue weighted by atomic mass is 16.5. The number of carbonyl (C=O) groups excluding carboxylic acids is 1. The van der Waals surface area contributed by atoms with E-state index in [-0.39, 0.29) is 12.5 Å². The average molecular weight is 317 g/mol. The molecular formula is C16H19N3O4. The largest absolute Gasteiger partial charge is 0.493 e. The van der Waals surface area contributed by atoms with Crippen LogP contribution in [0, 0.1) is 5.92 Å². The minimum Gasteiger partial charge on any atom is -0.493 e. The Balaban J connectivity index is 2.01. The first-order valence-electron chi connectivity index (χ1n) is 7.23. The molecule has 1 aromatic carbocycles. The number of carboxylic acid groups (broad SMARTS) is 1. The fraction of sp³-hybridized carbons (Fsp3) is 0.312. The Morgan fingerprint density at radius 2 is 2.13 bits per heavy atom. The summed E-state index contributed by atoms with van der Waals surface area (Å²) < 4.78 is 6.83. The molecule has 1 heterocycles. The van der Waals surface area contributed by atoms with Crippen molar-refractivity contribution in [1.29, 1.82) is 0 Å². The molecule has 0 saturated heterocycles. The molecule has 0 saturated carbocycles. The second-order valence-electron chi connectivity index (χ2n) is 5.48. The van der Waals surface area contributed by atoms with Gasteiger partial charge in [0.1, 0.15) is 12.3 Å². The van der Waals surface area contributed by atoms with E-state index in [0.29, 0.717) is 29.7 Å². The summed E-state index contributed by atoms with van der Waals surface area (Å²) in [4.78, 5) is 22.8. The van der Waals surface area contributed by atoms with E-state index in [1.165, 1.54) is 10.9 Å². The molecule has 7 heteroatoms. The second kappa shape index (κ2) is 7.44. The topological polar surface area (TPSA) is 93.5 Å². The Morgan fingerprint density at radius 1 is 1.35 bits per heavy atom. The van der Waals surface area contributed by atoms with Crippen LogP contribution in [0.5, 0.6) is 5.75 Å². The summed E-state index contributed by atoms with van der Waals surface area (Å²) in [6, 6.07) is 8.41. The average Bonchev–Trinajstić information content (AvgIpc) is 2.91. The highest BCUT2D eigenvalue weighted by Crippen LogP contribution is 2.15. The van der Waals surface area contributed by atoms with Crippen LogP contribution < -0.4 is 10.1 Å². The number of hydrogen-bond donors (Lipinski definition) is 2. The van der Waals surface area contributed by atoms with Crippen molar-refractivity contribution < 1.29 is 19.4 Å². The van der Waals surface area contributed by atoms with Gasteiger partial charge in [0.2, 0.25) is 0 Å². The third-order valence-corrected chi connectivity index (χ3v) is 2.86. The molecular weight excluding hydrogens is 298 g/mol. The van der Waals surface area contributed by atoms with Crippen LogP contribution >= 0.6 is 0 Å². The molecule has 122 valence electrons.